The molecule has 0 aromatic carbocycles. The van der Waals surface area contributed by atoms with Gasteiger partial charge in [0.1, 0.15) is 5.60 Å². The molecule has 0 spiro atoms. The highest BCUT2D eigenvalue weighted by Crippen LogP contribution is 2.31. The van der Waals surface area contributed by atoms with E-state index in [9.17, 15) is 0 Å². The Bertz CT molecular complexity index is 191. The van der Waals surface area contributed by atoms with E-state index in [1.807, 2.05) is 0 Å². The first-order valence-corrected chi connectivity index (χ1v) is 5.38. The van der Waals surface area contributed by atoms with E-state index in [-0.39, 0.29) is 5.60 Å². The fourth-order valence-corrected chi connectivity index (χ4v) is 1.82. The van der Waals surface area contributed by atoms with Crippen LogP contribution < -0.4 is 0 Å². The average Bonchev–Trinajstić information content (AvgIpc) is 2.62. The highest BCUT2D eigenvalue weighted by molar-refractivity contribution is 5.16. The molecule has 0 N–H and O–H groups in total. The Labute approximate surface area is 81.9 Å². The Kier molecular flexibility index (Phi) is 4.32. The lowest BCUT2D eigenvalue weighted by Gasteiger charge is -2.19. The predicted molar refractivity (Wildman–Crippen MR) is 55.5 cm³/mol. The number of unbranched alkanes of at least 4 members (excludes halogenated alkanes) is 2. The standard InChI is InChI=1S/C12H20O/c1-3-4-5-6-9-12(13-2)10-7-8-11-12/h3-5,7-8,10-11H2,1-2H3. The SMILES string of the molecule is CCCCC#CC1(OC)CCCC1. The second kappa shape index (κ2) is 5.29. The molecule has 1 aliphatic carbocycles. The van der Waals surface area contributed by atoms with E-state index < -0.39 is 0 Å². The smallest absolute Gasteiger partial charge is 0.128 e. The molecule has 0 aliphatic heterocycles. The van der Waals surface area contributed by atoms with Crippen molar-refractivity contribution in [1.82, 2.24) is 0 Å². The lowest BCUT2D eigenvalue weighted by Crippen LogP contribution is -2.24. The van der Waals surface area contributed by atoms with Crippen molar-refractivity contribution in [3.63, 3.8) is 0 Å². The van der Waals surface area contributed by atoms with Gasteiger partial charge in [-0.05, 0) is 32.1 Å². The van der Waals surface area contributed by atoms with Crippen LogP contribution in [0.1, 0.15) is 51.9 Å². The Balaban J connectivity index is 2.41. The second-order valence-corrected chi connectivity index (χ2v) is 3.81. The Morgan fingerprint density at radius 3 is 2.54 bits per heavy atom. The largest absolute Gasteiger partial charge is 0.366 e. The molecule has 1 fully saturated rings. The van der Waals surface area contributed by atoms with Crippen LogP contribution in [0.3, 0.4) is 0 Å². The van der Waals surface area contributed by atoms with E-state index in [1.165, 1.54) is 25.7 Å². The van der Waals surface area contributed by atoms with Crippen molar-refractivity contribution in [2.45, 2.75) is 57.5 Å². The summed E-state index contributed by atoms with van der Waals surface area (Å²) in [6.45, 7) is 2.20. The maximum Gasteiger partial charge on any atom is 0.128 e. The molecular formula is C12H20O. The maximum absolute atomic E-state index is 5.51. The van der Waals surface area contributed by atoms with Crippen molar-refractivity contribution < 1.29 is 4.74 Å². The molecule has 0 radical (unpaired) electrons. The molecule has 1 heteroatoms. The summed E-state index contributed by atoms with van der Waals surface area (Å²) in [4.78, 5) is 0. The lowest BCUT2D eigenvalue weighted by atomic mass is 10.0. The summed E-state index contributed by atoms with van der Waals surface area (Å²) in [6.07, 6.45) is 8.28. The number of rotatable bonds is 3. The van der Waals surface area contributed by atoms with Gasteiger partial charge in [-0.15, -0.1) is 5.92 Å². The van der Waals surface area contributed by atoms with Crippen LogP contribution in [0.25, 0.3) is 0 Å². The molecule has 0 atom stereocenters. The molecule has 0 aromatic rings. The molecule has 0 unspecified atom stereocenters. The number of hydrogen-bond acceptors (Lipinski definition) is 1. The molecule has 0 heterocycles. The molecule has 1 saturated carbocycles. The molecule has 1 aliphatic rings. The topological polar surface area (TPSA) is 9.23 Å². The second-order valence-electron chi connectivity index (χ2n) is 3.81. The van der Waals surface area contributed by atoms with Gasteiger partial charge in [0.15, 0.2) is 0 Å². The molecule has 1 rings (SSSR count). The van der Waals surface area contributed by atoms with Gasteiger partial charge in [-0.25, -0.2) is 0 Å². The Hall–Kier alpha value is -0.480. The fraction of sp³-hybridized carbons (Fsp3) is 0.833. The number of hydrogen-bond donors (Lipinski definition) is 0. The normalized spacial score (nSPS) is 19.5. The minimum absolute atomic E-state index is 0.0757. The van der Waals surface area contributed by atoms with E-state index >= 15 is 0 Å². The third-order valence-corrected chi connectivity index (χ3v) is 2.77. The lowest BCUT2D eigenvalue weighted by molar-refractivity contribution is 0.0474. The summed E-state index contributed by atoms with van der Waals surface area (Å²) < 4.78 is 5.51. The number of methoxy groups -OCH3 is 1. The summed E-state index contributed by atoms with van der Waals surface area (Å²) in [6, 6.07) is 0. The molecule has 0 amide bonds. The quantitative estimate of drug-likeness (QED) is 0.479. The van der Waals surface area contributed by atoms with Crippen LogP contribution in [0.4, 0.5) is 0 Å². The van der Waals surface area contributed by atoms with E-state index in [1.54, 1.807) is 7.11 Å². The van der Waals surface area contributed by atoms with Gasteiger partial charge in [-0.3, -0.25) is 0 Å². The van der Waals surface area contributed by atoms with E-state index in [0.717, 1.165) is 19.3 Å². The average molecular weight is 180 g/mol. The molecule has 0 saturated heterocycles. The van der Waals surface area contributed by atoms with Crippen molar-refractivity contribution >= 4 is 0 Å². The molecule has 0 aromatic heterocycles. The number of ether oxygens (including phenoxy) is 1. The van der Waals surface area contributed by atoms with Crippen molar-refractivity contribution in [2.75, 3.05) is 7.11 Å². The molecule has 1 nitrogen and oxygen atoms in total. The third-order valence-electron chi connectivity index (χ3n) is 2.77. The first-order valence-electron chi connectivity index (χ1n) is 5.38. The Morgan fingerprint density at radius 1 is 1.31 bits per heavy atom. The van der Waals surface area contributed by atoms with Gasteiger partial charge >= 0.3 is 0 Å². The van der Waals surface area contributed by atoms with Crippen LogP contribution >= 0.6 is 0 Å². The van der Waals surface area contributed by atoms with Gasteiger partial charge in [-0.2, -0.15) is 0 Å². The zero-order valence-electron chi connectivity index (χ0n) is 8.86. The van der Waals surface area contributed by atoms with E-state index in [2.05, 4.69) is 18.8 Å². The minimum atomic E-state index is -0.0757. The van der Waals surface area contributed by atoms with Crippen LogP contribution in [0.15, 0.2) is 0 Å². The Morgan fingerprint density at radius 2 is 2.00 bits per heavy atom. The van der Waals surface area contributed by atoms with Crippen LogP contribution in [0, 0.1) is 11.8 Å². The van der Waals surface area contributed by atoms with Gasteiger partial charge in [0.05, 0.1) is 0 Å². The predicted octanol–water partition coefficient (Wildman–Crippen LogP) is 3.14. The minimum Gasteiger partial charge on any atom is -0.366 e. The fourth-order valence-electron chi connectivity index (χ4n) is 1.82. The van der Waals surface area contributed by atoms with E-state index in [0.29, 0.717) is 0 Å². The van der Waals surface area contributed by atoms with Crippen molar-refractivity contribution in [3.8, 4) is 11.8 Å². The summed E-state index contributed by atoms with van der Waals surface area (Å²) in [5.41, 5.74) is -0.0757. The first kappa shape index (κ1) is 10.6. The summed E-state index contributed by atoms with van der Waals surface area (Å²) in [5.74, 6) is 6.55. The van der Waals surface area contributed by atoms with Crippen molar-refractivity contribution in [1.29, 1.82) is 0 Å². The van der Waals surface area contributed by atoms with Crippen LogP contribution in [-0.2, 0) is 4.74 Å². The monoisotopic (exact) mass is 180 g/mol. The third kappa shape index (κ3) is 3.04. The molecule has 74 valence electrons. The van der Waals surface area contributed by atoms with Crippen LogP contribution in [-0.4, -0.2) is 12.7 Å². The van der Waals surface area contributed by atoms with Crippen LogP contribution in [0.5, 0.6) is 0 Å². The van der Waals surface area contributed by atoms with E-state index in [4.69, 9.17) is 4.74 Å². The van der Waals surface area contributed by atoms with Gasteiger partial charge in [-0.1, -0.05) is 19.3 Å². The van der Waals surface area contributed by atoms with Gasteiger partial charge in [0.25, 0.3) is 0 Å². The van der Waals surface area contributed by atoms with Gasteiger partial charge in [0.2, 0.25) is 0 Å². The summed E-state index contributed by atoms with van der Waals surface area (Å²) in [7, 11) is 1.79. The van der Waals surface area contributed by atoms with Crippen LogP contribution in [0.2, 0.25) is 0 Å². The van der Waals surface area contributed by atoms with Crippen molar-refractivity contribution in [2.24, 2.45) is 0 Å². The highest BCUT2D eigenvalue weighted by Gasteiger charge is 2.31. The first-order chi connectivity index (χ1) is 6.33. The molecule has 13 heavy (non-hydrogen) atoms. The zero-order chi connectivity index (χ0) is 9.57. The zero-order valence-corrected chi connectivity index (χ0v) is 8.86. The maximum atomic E-state index is 5.51. The highest BCUT2D eigenvalue weighted by atomic mass is 16.5. The summed E-state index contributed by atoms with van der Waals surface area (Å²) in [5, 5.41) is 0. The molecular weight excluding hydrogens is 160 g/mol. The summed E-state index contributed by atoms with van der Waals surface area (Å²) >= 11 is 0. The van der Waals surface area contributed by atoms with Crippen molar-refractivity contribution in [3.05, 3.63) is 0 Å². The van der Waals surface area contributed by atoms with Gasteiger partial charge in [0, 0.05) is 13.5 Å². The molecule has 0 bridgehead atoms. The van der Waals surface area contributed by atoms with Gasteiger partial charge < -0.3 is 4.74 Å².